The normalized spacial score (nSPS) is 11.2. The first-order valence-electron chi connectivity index (χ1n) is 10.5. The number of anilines is 1. The number of carbonyl (C=O) groups is 1. The van der Waals surface area contributed by atoms with Gasteiger partial charge in [0.05, 0.1) is 28.9 Å². The van der Waals surface area contributed by atoms with Gasteiger partial charge in [0, 0.05) is 31.9 Å². The molecule has 0 aliphatic heterocycles. The fraction of sp³-hybridized carbons (Fsp3) is 0.160. The lowest BCUT2D eigenvalue weighted by Crippen LogP contribution is -2.27. The number of benzene rings is 2. The lowest BCUT2D eigenvalue weighted by molar-refractivity contribution is -0.115. The molecule has 0 aliphatic carbocycles. The molecule has 33 heavy (non-hydrogen) atoms. The number of thioether (sulfide) groups is 1. The standard InChI is InChI=1S/C25H23N5O2S/c1-17-9-7-8-12-19(17)30-24(21-15-22-20(29(21)3)13-14-32-22)26-27-25(30)33-16-23(31)28(2)18-10-5-4-6-11-18/h4-15H,16H2,1-3H3. The first-order chi connectivity index (χ1) is 16.0. The summed E-state index contributed by atoms with van der Waals surface area (Å²) in [5.74, 6) is 0.929. The third-order valence-corrected chi connectivity index (χ3v) is 6.64. The van der Waals surface area contributed by atoms with Gasteiger partial charge in [0.25, 0.3) is 0 Å². The zero-order valence-corrected chi connectivity index (χ0v) is 19.4. The summed E-state index contributed by atoms with van der Waals surface area (Å²) in [4.78, 5) is 14.5. The summed E-state index contributed by atoms with van der Waals surface area (Å²) in [7, 11) is 3.77. The van der Waals surface area contributed by atoms with Crippen molar-refractivity contribution in [1.82, 2.24) is 19.3 Å². The number of nitrogens with zero attached hydrogens (tertiary/aromatic N) is 5. The van der Waals surface area contributed by atoms with Gasteiger partial charge in [0.2, 0.25) is 5.91 Å². The number of carbonyl (C=O) groups excluding carboxylic acids is 1. The second-order valence-corrected chi connectivity index (χ2v) is 8.71. The molecule has 0 saturated carbocycles. The fourth-order valence-electron chi connectivity index (χ4n) is 3.84. The quantitative estimate of drug-likeness (QED) is 0.333. The van der Waals surface area contributed by atoms with Crippen molar-refractivity contribution in [3.63, 3.8) is 0 Å². The van der Waals surface area contributed by atoms with Crippen LogP contribution in [0.25, 0.3) is 28.3 Å². The van der Waals surface area contributed by atoms with Gasteiger partial charge in [-0.3, -0.25) is 9.36 Å². The summed E-state index contributed by atoms with van der Waals surface area (Å²) in [6.07, 6.45) is 1.68. The highest BCUT2D eigenvalue weighted by molar-refractivity contribution is 7.99. The third kappa shape index (κ3) is 3.82. The maximum Gasteiger partial charge on any atom is 0.237 e. The number of furan rings is 1. The van der Waals surface area contributed by atoms with Gasteiger partial charge >= 0.3 is 0 Å². The van der Waals surface area contributed by atoms with E-state index in [0.29, 0.717) is 11.0 Å². The highest BCUT2D eigenvalue weighted by atomic mass is 32.2. The van der Waals surface area contributed by atoms with E-state index in [-0.39, 0.29) is 11.7 Å². The van der Waals surface area contributed by atoms with Crippen LogP contribution in [0.3, 0.4) is 0 Å². The van der Waals surface area contributed by atoms with Gasteiger partial charge in [0.15, 0.2) is 16.6 Å². The predicted molar refractivity (Wildman–Crippen MR) is 131 cm³/mol. The van der Waals surface area contributed by atoms with Gasteiger partial charge in [-0.05, 0) is 30.7 Å². The smallest absolute Gasteiger partial charge is 0.237 e. The third-order valence-electron chi connectivity index (χ3n) is 5.73. The van der Waals surface area contributed by atoms with E-state index in [9.17, 15) is 4.79 Å². The van der Waals surface area contributed by atoms with E-state index in [1.54, 1.807) is 18.2 Å². The number of rotatable bonds is 6. The van der Waals surface area contributed by atoms with Gasteiger partial charge < -0.3 is 13.9 Å². The Labute approximate surface area is 195 Å². The number of hydrogen-bond acceptors (Lipinski definition) is 5. The molecule has 2 aromatic carbocycles. The summed E-state index contributed by atoms with van der Waals surface area (Å²) in [5.41, 5.74) is 5.59. The minimum absolute atomic E-state index is 0.0107. The second kappa shape index (κ2) is 8.63. The average molecular weight is 458 g/mol. The van der Waals surface area contributed by atoms with Crippen LogP contribution in [-0.4, -0.2) is 38.0 Å². The van der Waals surface area contributed by atoms with E-state index in [1.807, 2.05) is 76.8 Å². The molecular weight excluding hydrogens is 434 g/mol. The SMILES string of the molecule is Cc1ccccc1-n1c(SCC(=O)N(C)c2ccccc2)nnc1-c1cc2occc2n1C. The maximum absolute atomic E-state index is 12.9. The molecule has 5 aromatic rings. The predicted octanol–water partition coefficient (Wildman–Crippen LogP) is 5.08. The highest BCUT2D eigenvalue weighted by Crippen LogP contribution is 2.32. The van der Waals surface area contributed by atoms with Crippen molar-refractivity contribution in [2.24, 2.45) is 7.05 Å². The van der Waals surface area contributed by atoms with Crippen LogP contribution in [-0.2, 0) is 11.8 Å². The van der Waals surface area contributed by atoms with E-state index < -0.39 is 0 Å². The molecule has 0 atom stereocenters. The first kappa shape index (κ1) is 21.1. The number of aromatic nitrogens is 4. The van der Waals surface area contributed by atoms with Crippen molar-refractivity contribution in [3.8, 4) is 17.2 Å². The van der Waals surface area contributed by atoms with Crippen LogP contribution in [0.5, 0.6) is 0 Å². The maximum atomic E-state index is 12.9. The molecule has 0 spiro atoms. The molecule has 0 saturated heterocycles. The lowest BCUT2D eigenvalue weighted by Gasteiger charge is -2.17. The Morgan fingerprint density at radius 2 is 1.82 bits per heavy atom. The summed E-state index contributed by atoms with van der Waals surface area (Å²) >= 11 is 1.38. The van der Waals surface area contributed by atoms with Crippen molar-refractivity contribution in [3.05, 3.63) is 78.6 Å². The number of aryl methyl sites for hydroxylation is 2. The number of amides is 1. The minimum Gasteiger partial charge on any atom is -0.463 e. The summed E-state index contributed by atoms with van der Waals surface area (Å²) in [6.45, 7) is 2.05. The second-order valence-electron chi connectivity index (χ2n) is 7.76. The Balaban J connectivity index is 1.51. The van der Waals surface area contributed by atoms with Crippen molar-refractivity contribution in [1.29, 1.82) is 0 Å². The molecule has 0 fully saturated rings. The Morgan fingerprint density at radius 1 is 1.06 bits per heavy atom. The highest BCUT2D eigenvalue weighted by Gasteiger charge is 2.22. The van der Waals surface area contributed by atoms with Gasteiger partial charge in [0.1, 0.15) is 0 Å². The van der Waals surface area contributed by atoms with Gasteiger partial charge in [-0.25, -0.2) is 0 Å². The molecule has 1 amide bonds. The molecular formula is C25H23N5O2S. The van der Waals surface area contributed by atoms with Gasteiger partial charge in [-0.15, -0.1) is 10.2 Å². The monoisotopic (exact) mass is 457 g/mol. The molecule has 166 valence electrons. The average Bonchev–Trinajstić information content (AvgIpc) is 3.54. The number of para-hydroxylation sites is 2. The number of fused-ring (bicyclic) bond motifs is 1. The van der Waals surface area contributed by atoms with Crippen molar-refractivity contribution >= 4 is 34.5 Å². The van der Waals surface area contributed by atoms with Crippen LogP contribution in [0, 0.1) is 6.92 Å². The van der Waals surface area contributed by atoms with Crippen LogP contribution in [0.4, 0.5) is 5.69 Å². The molecule has 3 aromatic heterocycles. The largest absolute Gasteiger partial charge is 0.463 e. The summed E-state index contributed by atoms with van der Waals surface area (Å²) < 4.78 is 9.65. The number of hydrogen-bond donors (Lipinski definition) is 0. The Hall–Kier alpha value is -3.78. The molecule has 0 bridgehead atoms. The molecule has 7 nitrogen and oxygen atoms in total. The molecule has 0 unspecified atom stereocenters. The van der Waals surface area contributed by atoms with Crippen LogP contribution in [0.15, 0.2) is 82.6 Å². The van der Waals surface area contributed by atoms with Crippen LogP contribution in [0.1, 0.15) is 5.56 Å². The Kier molecular flexibility index (Phi) is 5.51. The summed E-state index contributed by atoms with van der Waals surface area (Å²) in [6, 6.07) is 21.6. The molecule has 8 heteroatoms. The molecule has 3 heterocycles. The summed E-state index contributed by atoms with van der Waals surface area (Å²) in [5, 5.41) is 9.66. The Bertz CT molecular complexity index is 1430. The molecule has 0 N–H and O–H groups in total. The van der Waals surface area contributed by atoms with E-state index in [4.69, 9.17) is 4.42 Å². The zero-order chi connectivity index (χ0) is 22.9. The first-order valence-corrected chi connectivity index (χ1v) is 11.5. The van der Waals surface area contributed by atoms with Gasteiger partial charge in [-0.1, -0.05) is 48.2 Å². The van der Waals surface area contributed by atoms with E-state index in [0.717, 1.165) is 33.7 Å². The fourth-order valence-corrected chi connectivity index (χ4v) is 4.70. The van der Waals surface area contributed by atoms with Crippen molar-refractivity contribution in [2.75, 3.05) is 17.7 Å². The van der Waals surface area contributed by atoms with E-state index >= 15 is 0 Å². The topological polar surface area (TPSA) is 69.1 Å². The lowest BCUT2D eigenvalue weighted by atomic mass is 10.2. The van der Waals surface area contributed by atoms with Gasteiger partial charge in [-0.2, -0.15) is 0 Å². The van der Waals surface area contributed by atoms with Crippen LogP contribution < -0.4 is 4.90 Å². The van der Waals surface area contributed by atoms with Crippen LogP contribution in [0.2, 0.25) is 0 Å². The molecule has 0 radical (unpaired) electrons. The Morgan fingerprint density at radius 3 is 2.58 bits per heavy atom. The van der Waals surface area contributed by atoms with E-state index in [1.165, 1.54) is 11.8 Å². The molecule has 5 rings (SSSR count). The zero-order valence-electron chi connectivity index (χ0n) is 18.6. The van der Waals surface area contributed by atoms with Crippen LogP contribution >= 0.6 is 11.8 Å². The minimum atomic E-state index is -0.0107. The van der Waals surface area contributed by atoms with Crippen molar-refractivity contribution < 1.29 is 9.21 Å². The van der Waals surface area contributed by atoms with Crippen molar-refractivity contribution in [2.45, 2.75) is 12.1 Å². The molecule has 0 aliphatic rings. The van der Waals surface area contributed by atoms with E-state index in [2.05, 4.69) is 23.2 Å².